The fraction of sp³-hybridized carbons (Fsp3) is 0.467. The number of halogens is 1. The Morgan fingerprint density at radius 3 is 2.95 bits per heavy atom. The molecule has 0 aliphatic carbocycles. The molecule has 2 aromatic rings. The zero-order chi connectivity index (χ0) is 14.8. The average molecular weight is 325 g/mol. The number of aryl methyl sites for hydroxylation is 1. The van der Waals surface area contributed by atoms with Crippen LogP contribution < -0.4 is 5.56 Å². The van der Waals surface area contributed by atoms with Crippen molar-refractivity contribution in [3.8, 4) is 0 Å². The number of ether oxygens (including phenoxy) is 1. The minimum Gasteiger partial charge on any atom is -0.381 e. The Hall–Kier alpha value is -1.04. The first kappa shape index (κ1) is 14.9. The summed E-state index contributed by atoms with van der Waals surface area (Å²) in [5.41, 5.74) is 1.52. The highest BCUT2D eigenvalue weighted by Crippen LogP contribution is 2.26. The lowest BCUT2D eigenvalue weighted by Gasteiger charge is -2.21. The Morgan fingerprint density at radius 1 is 1.43 bits per heavy atom. The third-order valence-electron chi connectivity index (χ3n) is 3.68. The summed E-state index contributed by atoms with van der Waals surface area (Å²) in [7, 11) is 0. The molecule has 6 heteroatoms. The fourth-order valence-electron chi connectivity index (χ4n) is 2.50. The maximum Gasteiger partial charge on any atom is 0.260 e. The molecule has 1 saturated heterocycles. The van der Waals surface area contributed by atoms with E-state index in [1.165, 1.54) is 0 Å². The predicted octanol–water partition coefficient (Wildman–Crippen LogP) is 3.30. The van der Waals surface area contributed by atoms with Gasteiger partial charge in [0.1, 0.15) is 5.82 Å². The number of fused-ring (bicyclic) bond motifs is 1. The zero-order valence-corrected chi connectivity index (χ0v) is 13.4. The van der Waals surface area contributed by atoms with Gasteiger partial charge in [0.2, 0.25) is 0 Å². The van der Waals surface area contributed by atoms with Gasteiger partial charge in [0, 0.05) is 18.5 Å². The third-order valence-corrected chi connectivity index (χ3v) is 5.38. The number of thioether (sulfide) groups is 1. The molecular formula is C15H17ClN2O2S. The molecule has 1 aromatic carbocycles. The summed E-state index contributed by atoms with van der Waals surface area (Å²) in [6, 6.07) is 3.64. The number of nitrogens with one attached hydrogen (secondary N) is 1. The van der Waals surface area contributed by atoms with E-state index in [0.717, 1.165) is 31.6 Å². The summed E-state index contributed by atoms with van der Waals surface area (Å²) in [6.07, 6.45) is 2.13. The van der Waals surface area contributed by atoms with Gasteiger partial charge in [-0.3, -0.25) is 4.79 Å². The molecule has 1 aliphatic heterocycles. The number of benzene rings is 1. The monoisotopic (exact) mass is 324 g/mol. The second-order valence-corrected chi connectivity index (χ2v) is 6.92. The molecule has 1 aliphatic rings. The van der Waals surface area contributed by atoms with Crippen LogP contribution in [0.15, 0.2) is 16.9 Å². The number of aromatic amines is 1. The van der Waals surface area contributed by atoms with Crippen molar-refractivity contribution in [1.82, 2.24) is 9.97 Å². The molecule has 4 nitrogen and oxygen atoms in total. The van der Waals surface area contributed by atoms with Crippen LogP contribution in [0.25, 0.3) is 10.9 Å². The highest BCUT2D eigenvalue weighted by atomic mass is 35.5. The van der Waals surface area contributed by atoms with E-state index in [1.807, 2.05) is 24.8 Å². The summed E-state index contributed by atoms with van der Waals surface area (Å²) < 4.78 is 5.36. The predicted molar refractivity (Wildman–Crippen MR) is 87.2 cm³/mol. The molecule has 0 radical (unpaired) electrons. The molecule has 0 spiro atoms. The van der Waals surface area contributed by atoms with Crippen LogP contribution in [0.2, 0.25) is 5.02 Å². The van der Waals surface area contributed by atoms with Gasteiger partial charge in [-0.15, -0.1) is 0 Å². The Balaban J connectivity index is 1.86. The topological polar surface area (TPSA) is 55.0 Å². The van der Waals surface area contributed by atoms with E-state index < -0.39 is 0 Å². The van der Waals surface area contributed by atoms with Gasteiger partial charge in [-0.05, 0) is 31.4 Å². The SMILES string of the molecule is Cc1ccc(Cl)c2c(=O)[nH]c(CSC3CCOCC3)nc12. The Morgan fingerprint density at radius 2 is 2.19 bits per heavy atom. The van der Waals surface area contributed by atoms with Gasteiger partial charge >= 0.3 is 0 Å². The Bertz CT molecular complexity index is 711. The molecule has 112 valence electrons. The van der Waals surface area contributed by atoms with E-state index in [0.29, 0.717) is 32.8 Å². The van der Waals surface area contributed by atoms with Gasteiger partial charge in [-0.2, -0.15) is 11.8 Å². The second kappa shape index (κ2) is 6.38. The second-order valence-electron chi connectivity index (χ2n) is 5.22. The summed E-state index contributed by atoms with van der Waals surface area (Å²) in [4.78, 5) is 19.7. The van der Waals surface area contributed by atoms with E-state index in [9.17, 15) is 4.79 Å². The maximum absolute atomic E-state index is 12.2. The van der Waals surface area contributed by atoms with Crippen LogP contribution in [0.4, 0.5) is 0 Å². The standard InChI is InChI=1S/C15H17ClN2O2S/c1-9-2-3-11(16)13-14(9)17-12(18-15(13)19)8-21-10-4-6-20-7-5-10/h2-3,10H,4-8H2,1H3,(H,17,18,19). The van der Waals surface area contributed by atoms with Gasteiger partial charge in [-0.25, -0.2) is 4.98 Å². The van der Waals surface area contributed by atoms with Gasteiger partial charge in [0.25, 0.3) is 5.56 Å². The summed E-state index contributed by atoms with van der Waals surface area (Å²) in [5.74, 6) is 1.43. The largest absolute Gasteiger partial charge is 0.381 e. The Kier molecular flexibility index (Phi) is 4.52. The average Bonchev–Trinajstić information content (AvgIpc) is 2.50. The number of H-pyrrole nitrogens is 1. The molecule has 3 rings (SSSR count). The van der Waals surface area contributed by atoms with E-state index in [-0.39, 0.29) is 5.56 Å². The van der Waals surface area contributed by atoms with Gasteiger partial charge in [0.15, 0.2) is 0 Å². The highest BCUT2D eigenvalue weighted by molar-refractivity contribution is 7.99. The lowest BCUT2D eigenvalue weighted by atomic mass is 10.1. The summed E-state index contributed by atoms with van der Waals surface area (Å²) in [5, 5.41) is 1.52. The normalized spacial score (nSPS) is 16.5. The number of hydrogen-bond donors (Lipinski definition) is 1. The van der Waals surface area contributed by atoms with E-state index in [4.69, 9.17) is 16.3 Å². The molecule has 0 atom stereocenters. The van der Waals surface area contributed by atoms with Crippen LogP contribution in [-0.4, -0.2) is 28.4 Å². The number of aromatic nitrogens is 2. The molecule has 0 bridgehead atoms. The van der Waals surface area contributed by atoms with Crippen molar-refractivity contribution >= 4 is 34.3 Å². The highest BCUT2D eigenvalue weighted by Gasteiger charge is 2.15. The van der Waals surface area contributed by atoms with Crippen LogP contribution in [0, 0.1) is 6.92 Å². The van der Waals surface area contributed by atoms with Gasteiger partial charge in [0.05, 0.1) is 21.7 Å². The van der Waals surface area contributed by atoms with Crippen molar-refractivity contribution in [2.45, 2.75) is 30.8 Å². The van der Waals surface area contributed by atoms with Crippen LogP contribution >= 0.6 is 23.4 Å². The first-order chi connectivity index (χ1) is 10.1. The van der Waals surface area contributed by atoms with Crippen LogP contribution in [-0.2, 0) is 10.5 Å². The van der Waals surface area contributed by atoms with Crippen LogP contribution in [0.1, 0.15) is 24.2 Å². The minimum absolute atomic E-state index is 0.156. The van der Waals surface area contributed by atoms with Gasteiger partial charge < -0.3 is 9.72 Å². The summed E-state index contributed by atoms with van der Waals surface area (Å²) >= 11 is 7.94. The first-order valence-corrected chi connectivity index (χ1v) is 8.45. The molecular weight excluding hydrogens is 308 g/mol. The van der Waals surface area contributed by atoms with E-state index >= 15 is 0 Å². The lowest BCUT2D eigenvalue weighted by molar-refractivity contribution is 0.1000. The molecule has 1 fully saturated rings. The van der Waals surface area contributed by atoms with Crippen molar-refractivity contribution in [1.29, 1.82) is 0 Å². The lowest BCUT2D eigenvalue weighted by Crippen LogP contribution is -2.18. The van der Waals surface area contributed by atoms with Crippen LogP contribution in [0.3, 0.4) is 0 Å². The fourth-order valence-corrected chi connectivity index (χ4v) is 3.79. The van der Waals surface area contributed by atoms with E-state index in [1.54, 1.807) is 6.07 Å². The van der Waals surface area contributed by atoms with Crippen molar-refractivity contribution in [3.05, 3.63) is 38.9 Å². The van der Waals surface area contributed by atoms with Gasteiger partial charge in [-0.1, -0.05) is 17.7 Å². The smallest absolute Gasteiger partial charge is 0.260 e. The minimum atomic E-state index is -0.156. The number of rotatable bonds is 3. The van der Waals surface area contributed by atoms with Crippen LogP contribution in [0.5, 0.6) is 0 Å². The van der Waals surface area contributed by atoms with Crippen molar-refractivity contribution < 1.29 is 4.74 Å². The quantitative estimate of drug-likeness (QED) is 0.941. The molecule has 1 N–H and O–H groups in total. The number of nitrogens with zero attached hydrogens (tertiary/aromatic N) is 1. The zero-order valence-electron chi connectivity index (χ0n) is 11.8. The molecule has 2 heterocycles. The molecule has 0 amide bonds. The van der Waals surface area contributed by atoms with Crippen molar-refractivity contribution in [3.63, 3.8) is 0 Å². The maximum atomic E-state index is 12.2. The summed E-state index contributed by atoms with van der Waals surface area (Å²) in [6.45, 7) is 3.60. The molecule has 0 unspecified atom stereocenters. The first-order valence-electron chi connectivity index (χ1n) is 7.02. The van der Waals surface area contributed by atoms with Crippen molar-refractivity contribution in [2.75, 3.05) is 13.2 Å². The molecule has 1 aromatic heterocycles. The van der Waals surface area contributed by atoms with E-state index in [2.05, 4.69) is 9.97 Å². The van der Waals surface area contributed by atoms with Crippen molar-refractivity contribution in [2.24, 2.45) is 0 Å². The molecule has 21 heavy (non-hydrogen) atoms. The number of hydrogen-bond acceptors (Lipinski definition) is 4. The molecule has 0 saturated carbocycles. The Labute approximate surface area is 132 Å². The third kappa shape index (κ3) is 3.25.